The van der Waals surface area contributed by atoms with Gasteiger partial charge in [0.05, 0.1) is 20.8 Å². The van der Waals surface area contributed by atoms with Gasteiger partial charge in [0.15, 0.2) is 11.5 Å². The minimum Gasteiger partial charge on any atom is -0.493 e. The maximum Gasteiger partial charge on any atom is 0.379 e. The molecule has 1 N–H and O–H groups in total. The molecule has 7 nitrogen and oxygen atoms in total. The van der Waals surface area contributed by atoms with Gasteiger partial charge < -0.3 is 19.3 Å². The molecule has 0 unspecified atom stereocenters. The maximum absolute atomic E-state index is 11.8. The third kappa shape index (κ3) is 3.05. The van der Waals surface area contributed by atoms with Crippen LogP contribution in [0.2, 0.25) is 0 Å². The number of benzene rings is 1. The van der Waals surface area contributed by atoms with Crippen molar-refractivity contribution in [1.29, 1.82) is 0 Å². The number of carbonyl (C=O) groups is 3. The summed E-state index contributed by atoms with van der Waals surface area (Å²) in [7, 11) is 2.57. The molecule has 0 aliphatic heterocycles. The van der Waals surface area contributed by atoms with Gasteiger partial charge in [-0.05, 0) is 19.1 Å². The van der Waals surface area contributed by atoms with Crippen molar-refractivity contribution in [3.05, 3.63) is 23.3 Å². The van der Waals surface area contributed by atoms with Crippen molar-refractivity contribution in [2.45, 2.75) is 6.92 Å². The lowest BCUT2D eigenvalue weighted by molar-refractivity contribution is -0.137. The fourth-order valence-corrected chi connectivity index (χ4v) is 1.57. The summed E-state index contributed by atoms with van der Waals surface area (Å²) in [6.07, 6.45) is 0. The van der Waals surface area contributed by atoms with Crippen molar-refractivity contribution in [3.8, 4) is 11.5 Å². The molecule has 20 heavy (non-hydrogen) atoms. The molecule has 0 atom stereocenters. The highest BCUT2D eigenvalue weighted by atomic mass is 16.5. The first-order valence-electron chi connectivity index (χ1n) is 5.67. The van der Waals surface area contributed by atoms with Crippen molar-refractivity contribution < 1.29 is 33.7 Å². The molecule has 1 aromatic carbocycles. The first-order chi connectivity index (χ1) is 9.46. The molecule has 0 aromatic heterocycles. The number of methoxy groups -OCH3 is 2. The Morgan fingerprint density at radius 2 is 1.80 bits per heavy atom. The SMILES string of the molecule is CCOC(=O)C(=O)c1cc(OC)c(OC)c(C(=O)O)c1. The van der Waals surface area contributed by atoms with Crippen LogP contribution in [-0.4, -0.2) is 43.7 Å². The molecule has 0 radical (unpaired) electrons. The molecule has 0 amide bonds. The average Bonchev–Trinajstić information content (AvgIpc) is 2.44. The Bertz CT molecular complexity index is 548. The van der Waals surface area contributed by atoms with Gasteiger partial charge in [-0.15, -0.1) is 0 Å². The first kappa shape index (κ1) is 15.5. The van der Waals surface area contributed by atoms with Gasteiger partial charge in [-0.25, -0.2) is 9.59 Å². The van der Waals surface area contributed by atoms with Gasteiger partial charge in [-0.3, -0.25) is 4.79 Å². The molecule has 0 saturated heterocycles. The van der Waals surface area contributed by atoms with E-state index in [1.165, 1.54) is 20.3 Å². The monoisotopic (exact) mass is 282 g/mol. The number of rotatable bonds is 6. The predicted octanol–water partition coefficient (Wildman–Crippen LogP) is 1.15. The van der Waals surface area contributed by atoms with E-state index in [0.717, 1.165) is 6.07 Å². The van der Waals surface area contributed by atoms with Crippen LogP contribution < -0.4 is 9.47 Å². The summed E-state index contributed by atoms with van der Waals surface area (Å²) in [5, 5.41) is 9.10. The van der Waals surface area contributed by atoms with Gasteiger partial charge in [0.2, 0.25) is 0 Å². The summed E-state index contributed by atoms with van der Waals surface area (Å²) in [5.41, 5.74) is -0.419. The number of aromatic carboxylic acids is 1. The molecule has 0 bridgehead atoms. The normalized spacial score (nSPS) is 9.75. The highest BCUT2D eigenvalue weighted by Gasteiger charge is 2.24. The molecule has 7 heteroatoms. The summed E-state index contributed by atoms with van der Waals surface area (Å²) in [6, 6.07) is 2.27. The van der Waals surface area contributed by atoms with Crippen molar-refractivity contribution in [3.63, 3.8) is 0 Å². The van der Waals surface area contributed by atoms with Crippen LogP contribution in [0.5, 0.6) is 11.5 Å². The highest BCUT2D eigenvalue weighted by Crippen LogP contribution is 2.32. The standard InChI is InChI=1S/C13H14O7/c1-4-20-13(17)10(14)7-5-8(12(15)16)11(19-3)9(6-7)18-2/h5-6H,4H2,1-3H3,(H,15,16). The molecule has 0 aliphatic carbocycles. The number of esters is 1. The molecular weight excluding hydrogens is 268 g/mol. The Labute approximate surface area is 115 Å². The van der Waals surface area contributed by atoms with Gasteiger partial charge >= 0.3 is 11.9 Å². The van der Waals surface area contributed by atoms with Crippen molar-refractivity contribution in [2.24, 2.45) is 0 Å². The number of ketones is 1. The van der Waals surface area contributed by atoms with Gasteiger partial charge in [0, 0.05) is 5.56 Å². The quantitative estimate of drug-likeness (QED) is 0.474. The lowest BCUT2D eigenvalue weighted by atomic mass is 10.0. The molecule has 0 spiro atoms. The Morgan fingerprint density at radius 3 is 2.25 bits per heavy atom. The van der Waals surface area contributed by atoms with E-state index in [-0.39, 0.29) is 29.2 Å². The molecule has 0 fully saturated rings. The number of ether oxygens (including phenoxy) is 3. The number of Topliss-reactive ketones (excluding diaryl/α,β-unsaturated/α-hetero) is 1. The van der Waals surface area contributed by atoms with E-state index in [2.05, 4.69) is 4.74 Å². The van der Waals surface area contributed by atoms with E-state index in [4.69, 9.17) is 14.6 Å². The fourth-order valence-electron chi connectivity index (χ4n) is 1.57. The number of hydrogen-bond donors (Lipinski definition) is 1. The van der Waals surface area contributed by atoms with E-state index in [1.54, 1.807) is 6.92 Å². The van der Waals surface area contributed by atoms with E-state index in [0.29, 0.717) is 0 Å². The Hall–Kier alpha value is -2.57. The van der Waals surface area contributed by atoms with Crippen LogP contribution in [0, 0.1) is 0 Å². The van der Waals surface area contributed by atoms with Crippen LogP contribution in [0.15, 0.2) is 12.1 Å². The minimum atomic E-state index is -1.31. The van der Waals surface area contributed by atoms with E-state index < -0.39 is 17.7 Å². The summed E-state index contributed by atoms with van der Waals surface area (Å²) >= 11 is 0. The maximum atomic E-state index is 11.8. The summed E-state index contributed by atoms with van der Waals surface area (Å²) in [6.45, 7) is 1.60. The number of carbonyl (C=O) groups excluding carboxylic acids is 2. The van der Waals surface area contributed by atoms with Gasteiger partial charge in [0.25, 0.3) is 5.78 Å². The summed E-state index contributed by atoms with van der Waals surface area (Å²) in [4.78, 5) is 34.4. The second-order valence-corrected chi connectivity index (χ2v) is 3.61. The third-order valence-corrected chi connectivity index (χ3v) is 2.43. The van der Waals surface area contributed by atoms with Gasteiger partial charge in [0.1, 0.15) is 5.56 Å². The molecule has 0 aliphatic rings. The lowest BCUT2D eigenvalue weighted by Crippen LogP contribution is -2.18. The van der Waals surface area contributed by atoms with Gasteiger partial charge in [-0.2, -0.15) is 0 Å². The lowest BCUT2D eigenvalue weighted by Gasteiger charge is -2.12. The molecular formula is C13H14O7. The van der Waals surface area contributed by atoms with Crippen molar-refractivity contribution >= 4 is 17.7 Å². The van der Waals surface area contributed by atoms with Crippen LogP contribution in [-0.2, 0) is 9.53 Å². The number of carboxylic acids is 1. The zero-order chi connectivity index (χ0) is 15.3. The van der Waals surface area contributed by atoms with Gasteiger partial charge in [-0.1, -0.05) is 0 Å². The number of hydrogen-bond acceptors (Lipinski definition) is 6. The molecule has 0 heterocycles. The fraction of sp³-hybridized carbons (Fsp3) is 0.308. The predicted molar refractivity (Wildman–Crippen MR) is 67.5 cm³/mol. The first-order valence-corrected chi connectivity index (χ1v) is 5.67. The Morgan fingerprint density at radius 1 is 1.15 bits per heavy atom. The number of carboxylic acid groups (broad SMARTS) is 1. The third-order valence-electron chi connectivity index (χ3n) is 2.43. The van der Waals surface area contributed by atoms with E-state index in [1.807, 2.05) is 0 Å². The minimum absolute atomic E-state index is 0.0274. The second kappa shape index (κ2) is 6.55. The smallest absolute Gasteiger partial charge is 0.379 e. The average molecular weight is 282 g/mol. The highest BCUT2D eigenvalue weighted by molar-refractivity contribution is 6.40. The van der Waals surface area contributed by atoms with Crippen molar-refractivity contribution in [1.82, 2.24) is 0 Å². The van der Waals surface area contributed by atoms with Crippen LogP contribution in [0.25, 0.3) is 0 Å². The summed E-state index contributed by atoms with van der Waals surface area (Å²) < 4.78 is 14.5. The van der Waals surface area contributed by atoms with Crippen molar-refractivity contribution in [2.75, 3.05) is 20.8 Å². The summed E-state index contributed by atoms with van der Waals surface area (Å²) in [5.74, 6) is -3.30. The van der Waals surface area contributed by atoms with Crippen LogP contribution in [0.1, 0.15) is 27.6 Å². The zero-order valence-electron chi connectivity index (χ0n) is 11.3. The molecule has 0 saturated carbocycles. The second-order valence-electron chi connectivity index (χ2n) is 3.61. The Kier molecular flexibility index (Phi) is 5.08. The molecule has 1 aromatic rings. The largest absolute Gasteiger partial charge is 0.493 e. The van der Waals surface area contributed by atoms with Crippen LogP contribution in [0.3, 0.4) is 0 Å². The molecule has 108 valence electrons. The van der Waals surface area contributed by atoms with Crippen LogP contribution >= 0.6 is 0 Å². The topological polar surface area (TPSA) is 99.1 Å². The zero-order valence-corrected chi connectivity index (χ0v) is 11.3. The Balaban J connectivity index is 3.36. The van der Waals surface area contributed by atoms with E-state index >= 15 is 0 Å². The van der Waals surface area contributed by atoms with Crippen LogP contribution in [0.4, 0.5) is 0 Å². The van der Waals surface area contributed by atoms with E-state index in [9.17, 15) is 14.4 Å². The molecule has 1 rings (SSSR count).